The van der Waals surface area contributed by atoms with Gasteiger partial charge in [-0.2, -0.15) is 11.8 Å². The lowest BCUT2D eigenvalue weighted by atomic mass is 10.1. The van der Waals surface area contributed by atoms with Crippen molar-refractivity contribution in [1.29, 1.82) is 0 Å². The summed E-state index contributed by atoms with van der Waals surface area (Å²) in [7, 11) is 1.65. The fourth-order valence-corrected chi connectivity index (χ4v) is 4.70. The molecule has 0 radical (unpaired) electrons. The van der Waals surface area contributed by atoms with Crippen LogP contribution in [0.5, 0.6) is 0 Å². The maximum Gasteiger partial charge on any atom is 0.251 e. The lowest BCUT2D eigenvalue weighted by Gasteiger charge is -2.03. The maximum atomic E-state index is 11.6. The van der Waals surface area contributed by atoms with E-state index in [1.54, 1.807) is 18.4 Å². The molecule has 0 aliphatic carbocycles. The number of amides is 1. The summed E-state index contributed by atoms with van der Waals surface area (Å²) in [4.78, 5) is 17.6. The second-order valence-corrected chi connectivity index (χ2v) is 7.73. The van der Waals surface area contributed by atoms with Crippen LogP contribution in [-0.4, -0.2) is 17.9 Å². The van der Waals surface area contributed by atoms with Crippen LogP contribution in [0.25, 0.3) is 10.6 Å². The number of aromatic nitrogens is 1. The van der Waals surface area contributed by atoms with Gasteiger partial charge in [0.25, 0.3) is 5.91 Å². The van der Waals surface area contributed by atoms with E-state index >= 15 is 0 Å². The zero-order valence-electron chi connectivity index (χ0n) is 14.3. The molecule has 1 amide bonds. The molecule has 1 heterocycles. The molecule has 0 aliphatic heterocycles. The number of thioether (sulfide) groups is 1. The van der Waals surface area contributed by atoms with Crippen LogP contribution in [0.1, 0.15) is 26.5 Å². The monoisotopic (exact) mass is 368 g/mol. The Kier molecular flexibility index (Phi) is 5.89. The number of nitrogens with zero attached hydrogens (tertiary/aromatic N) is 1. The molecule has 128 valence electrons. The van der Waals surface area contributed by atoms with Gasteiger partial charge in [0.15, 0.2) is 0 Å². The minimum absolute atomic E-state index is 0.0482. The fraction of sp³-hybridized carbons (Fsp3) is 0.200. The average molecular weight is 369 g/mol. The van der Waals surface area contributed by atoms with E-state index in [1.807, 2.05) is 54.2 Å². The van der Waals surface area contributed by atoms with Crippen LogP contribution >= 0.6 is 23.1 Å². The molecular formula is C20H20N2OS2. The van der Waals surface area contributed by atoms with Crippen molar-refractivity contribution in [3.05, 3.63) is 76.3 Å². The van der Waals surface area contributed by atoms with Gasteiger partial charge in [-0.05, 0) is 24.6 Å². The summed E-state index contributed by atoms with van der Waals surface area (Å²) < 4.78 is 0. The second-order valence-electron chi connectivity index (χ2n) is 5.66. The Labute approximate surface area is 156 Å². The molecule has 3 rings (SSSR count). The smallest absolute Gasteiger partial charge is 0.251 e. The highest BCUT2D eigenvalue weighted by Crippen LogP contribution is 2.31. The van der Waals surface area contributed by atoms with Crippen molar-refractivity contribution in [2.45, 2.75) is 18.4 Å². The van der Waals surface area contributed by atoms with Gasteiger partial charge in [0, 0.05) is 34.6 Å². The summed E-state index contributed by atoms with van der Waals surface area (Å²) in [6.45, 7) is 2.08. The van der Waals surface area contributed by atoms with Gasteiger partial charge in [-0.25, -0.2) is 4.98 Å². The van der Waals surface area contributed by atoms with Crippen LogP contribution in [0.2, 0.25) is 0 Å². The second kappa shape index (κ2) is 8.32. The van der Waals surface area contributed by atoms with Gasteiger partial charge in [-0.15, -0.1) is 11.3 Å². The highest BCUT2D eigenvalue weighted by Gasteiger charge is 2.09. The van der Waals surface area contributed by atoms with Crippen molar-refractivity contribution in [2.24, 2.45) is 0 Å². The molecule has 2 aromatic carbocycles. The van der Waals surface area contributed by atoms with Crippen molar-refractivity contribution in [1.82, 2.24) is 10.3 Å². The Balaban J connectivity index is 1.59. The number of nitrogens with one attached hydrogen (secondary N) is 1. The number of benzene rings is 2. The highest BCUT2D eigenvalue weighted by molar-refractivity contribution is 7.97. The van der Waals surface area contributed by atoms with Crippen molar-refractivity contribution in [2.75, 3.05) is 7.05 Å². The molecule has 0 fully saturated rings. The van der Waals surface area contributed by atoms with Crippen molar-refractivity contribution >= 4 is 29.0 Å². The van der Waals surface area contributed by atoms with Gasteiger partial charge in [0.1, 0.15) is 5.01 Å². The summed E-state index contributed by atoms with van der Waals surface area (Å²) in [5.41, 5.74) is 4.22. The molecule has 3 aromatic rings. The maximum absolute atomic E-state index is 11.6. The molecule has 1 N–H and O–H groups in total. The van der Waals surface area contributed by atoms with Crippen molar-refractivity contribution in [3.63, 3.8) is 0 Å². The zero-order chi connectivity index (χ0) is 17.6. The molecular weight excluding hydrogens is 348 g/mol. The Bertz CT molecular complexity index is 842. The first-order valence-corrected chi connectivity index (χ1v) is 10.0. The Morgan fingerprint density at radius 1 is 1.08 bits per heavy atom. The molecule has 1 aromatic heterocycles. The van der Waals surface area contributed by atoms with Crippen molar-refractivity contribution < 1.29 is 4.79 Å². The third-order valence-electron chi connectivity index (χ3n) is 3.86. The first-order valence-electron chi connectivity index (χ1n) is 8.08. The summed E-state index contributed by atoms with van der Waals surface area (Å²) >= 11 is 3.64. The van der Waals surface area contributed by atoms with Gasteiger partial charge in [-0.1, -0.05) is 42.5 Å². The molecule has 0 spiro atoms. The minimum Gasteiger partial charge on any atom is -0.355 e. The molecule has 0 unspecified atom stereocenters. The molecule has 0 bridgehead atoms. The van der Waals surface area contributed by atoms with Crippen molar-refractivity contribution in [3.8, 4) is 10.6 Å². The Hall–Kier alpha value is -2.11. The summed E-state index contributed by atoms with van der Waals surface area (Å²) in [5, 5.41) is 3.72. The normalized spacial score (nSPS) is 10.6. The predicted octanol–water partition coefficient (Wildman–Crippen LogP) is 4.91. The van der Waals surface area contributed by atoms with Crippen LogP contribution in [0.3, 0.4) is 0 Å². The van der Waals surface area contributed by atoms with Crippen LogP contribution in [-0.2, 0) is 11.5 Å². The van der Waals surface area contributed by atoms with Crippen LogP contribution in [0.15, 0.2) is 54.6 Å². The lowest BCUT2D eigenvalue weighted by molar-refractivity contribution is 0.0963. The standard InChI is InChI=1S/C20H20N2OS2/c1-14-18(25-20(22-14)17-6-4-3-5-7-17)13-24-12-15-8-10-16(11-9-15)19(23)21-2/h3-11H,12-13H2,1-2H3,(H,21,23). The number of thiazole rings is 1. The van der Waals surface area contributed by atoms with E-state index in [1.165, 1.54) is 16.0 Å². The number of aryl methyl sites for hydroxylation is 1. The topological polar surface area (TPSA) is 42.0 Å². The van der Waals surface area contributed by atoms with E-state index in [9.17, 15) is 4.79 Å². The van der Waals surface area contributed by atoms with E-state index < -0.39 is 0 Å². The van der Waals surface area contributed by atoms with Crippen LogP contribution in [0, 0.1) is 6.92 Å². The quantitative estimate of drug-likeness (QED) is 0.672. The average Bonchev–Trinajstić information content (AvgIpc) is 3.03. The van der Waals surface area contributed by atoms with E-state index in [-0.39, 0.29) is 5.91 Å². The molecule has 0 saturated carbocycles. The summed E-state index contributed by atoms with van der Waals surface area (Å²) in [6.07, 6.45) is 0. The third-order valence-corrected chi connectivity index (χ3v) is 6.28. The first kappa shape index (κ1) is 17.7. The number of carbonyl (C=O) groups is 1. The zero-order valence-corrected chi connectivity index (χ0v) is 15.9. The van der Waals surface area contributed by atoms with Crippen LogP contribution < -0.4 is 5.32 Å². The SMILES string of the molecule is CNC(=O)c1ccc(CSCc2sc(-c3ccccc3)nc2C)cc1. The lowest BCUT2D eigenvalue weighted by Crippen LogP contribution is -2.17. The number of hydrogen-bond donors (Lipinski definition) is 1. The molecule has 0 saturated heterocycles. The van der Waals surface area contributed by atoms with Gasteiger partial charge in [0.05, 0.1) is 5.69 Å². The largest absolute Gasteiger partial charge is 0.355 e. The Morgan fingerprint density at radius 3 is 2.48 bits per heavy atom. The fourth-order valence-electron chi connectivity index (χ4n) is 2.42. The highest BCUT2D eigenvalue weighted by atomic mass is 32.2. The van der Waals surface area contributed by atoms with E-state index in [2.05, 4.69) is 24.4 Å². The van der Waals surface area contributed by atoms with E-state index in [4.69, 9.17) is 4.98 Å². The van der Waals surface area contributed by atoms with Gasteiger partial charge in [-0.3, -0.25) is 4.79 Å². The van der Waals surface area contributed by atoms with Crippen LogP contribution in [0.4, 0.5) is 0 Å². The first-order chi connectivity index (χ1) is 12.2. The summed E-state index contributed by atoms with van der Waals surface area (Å²) in [6, 6.07) is 18.1. The molecule has 5 heteroatoms. The predicted molar refractivity (Wildman–Crippen MR) is 107 cm³/mol. The summed E-state index contributed by atoms with van der Waals surface area (Å²) in [5.74, 6) is 1.83. The van der Waals surface area contributed by atoms with E-state index in [0.717, 1.165) is 22.2 Å². The van der Waals surface area contributed by atoms with Gasteiger partial charge < -0.3 is 5.32 Å². The van der Waals surface area contributed by atoms with Gasteiger partial charge in [0.2, 0.25) is 0 Å². The molecule has 0 aliphatic rings. The molecule has 25 heavy (non-hydrogen) atoms. The number of rotatable bonds is 6. The number of carbonyl (C=O) groups excluding carboxylic acids is 1. The third kappa shape index (κ3) is 4.50. The minimum atomic E-state index is -0.0482. The van der Waals surface area contributed by atoms with Gasteiger partial charge >= 0.3 is 0 Å². The van der Waals surface area contributed by atoms with E-state index in [0.29, 0.717) is 5.56 Å². The Morgan fingerprint density at radius 2 is 1.80 bits per heavy atom. The molecule has 0 atom stereocenters. The molecule has 3 nitrogen and oxygen atoms in total. The number of hydrogen-bond acceptors (Lipinski definition) is 4.